The van der Waals surface area contributed by atoms with Crippen molar-refractivity contribution in [2.45, 2.75) is 57.6 Å². The van der Waals surface area contributed by atoms with E-state index >= 15 is 0 Å². The molecule has 2 unspecified atom stereocenters. The molecule has 0 aromatic rings. The standard InChI is InChI=1S/C12H25NO2/c1-11(5-3-9-14)13-8-2-6-12-7-4-10-15-12/h11-14H,2-10H2,1H3. The summed E-state index contributed by atoms with van der Waals surface area (Å²) >= 11 is 0. The average Bonchev–Trinajstić information content (AvgIpc) is 2.74. The molecule has 3 nitrogen and oxygen atoms in total. The van der Waals surface area contributed by atoms with Gasteiger partial charge in [0.2, 0.25) is 0 Å². The van der Waals surface area contributed by atoms with Crippen LogP contribution in [0.25, 0.3) is 0 Å². The van der Waals surface area contributed by atoms with Crippen LogP contribution in [0.1, 0.15) is 45.4 Å². The van der Waals surface area contributed by atoms with Crippen molar-refractivity contribution in [3.63, 3.8) is 0 Å². The molecule has 0 bridgehead atoms. The monoisotopic (exact) mass is 215 g/mol. The van der Waals surface area contributed by atoms with Crippen LogP contribution in [0.5, 0.6) is 0 Å². The van der Waals surface area contributed by atoms with Crippen LogP contribution in [-0.2, 0) is 4.74 Å². The first kappa shape index (κ1) is 12.9. The van der Waals surface area contributed by atoms with Gasteiger partial charge in [-0.3, -0.25) is 0 Å². The predicted molar refractivity (Wildman–Crippen MR) is 62.0 cm³/mol. The highest BCUT2D eigenvalue weighted by molar-refractivity contribution is 4.66. The van der Waals surface area contributed by atoms with Crippen LogP contribution in [0, 0.1) is 0 Å². The first-order chi connectivity index (χ1) is 7.33. The molecule has 1 fully saturated rings. The van der Waals surface area contributed by atoms with E-state index < -0.39 is 0 Å². The molecule has 3 heteroatoms. The molecule has 0 radical (unpaired) electrons. The Hall–Kier alpha value is -0.120. The van der Waals surface area contributed by atoms with Crippen molar-refractivity contribution in [2.75, 3.05) is 19.8 Å². The number of hydrogen-bond acceptors (Lipinski definition) is 3. The fourth-order valence-electron chi connectivity index (χ4n) is 2.05. The Morgan fingerprint density at radius 3 is 3.00 bits per heavy atom. The summed E-state index contributed by atoms with van der Waals surface area (Å²) < 4.78 is 5.56. The Labute approximate surface area is 93.2 Å². The molecule has 0 aromatic heterocycles. The van der Waals surface area contributed by atoms with Crippen LogP contribution < -0.4 is 5.32 Å². The second-order valence-electron chi connectivity index (χ2n) is 4.50. The third kappa shape index (κ3) is 6.13. The zero-order chi connectivity index (χ0) is 10.9. The van der Waals surface area contributed by atoms with Gasteiger partial charge in [0.15, 0.2) is 0 Å². The summed E-state index contributed by atoms with van der Waals surface area (Å²) in [6.45, 7) is 4.53. The molecule has 1 saturated heterocycles. The van der Waals surface area contributed by atoms with Gasteiger partial charge in [-0.25, -0.2) is 0 Å². The minimum atomic E-state index is 0.307. The van der Waals surface area contributed by atoms with E-state index in [1.54, 1.807) is 0 Å². The number of ether oxygens (including phenoxy) is 1. The molecule has 1 aliphatic heterocycles. The molecular weight excluding hydrogens is 190 g/mol. The minimum Gasteiger partial charge on any atom is -0.396 e. The van der Waals surface area contributed by atoms with Crippen LogP contribution in [0.3, 0.4) is 0 Å². The summed E-state index contributed by atoms with van der Waals surface area (Å²) in [6, 6.07) is 0.529. The van der Waals surface area contributed by atoms with E-state index in [4.69, 9.17) is 9.84 Å². The Morgan fingerprint density at radius 2 is 2.33 bits per heavy atom. The molecule has 0 spiro atoms. The molecule has 0 aliphatic carbocycles. The van der Waals surface area contributed by atoms with E-state index in [9.17, 15) is 0 Å². The first-order valence-electron chi connectivity index (χ1n) is 6.28. The summed E-state index contributed by atoms with van der Waals surface area (Å²) in [7, 11) is 0. The highest BCUT2D eigenvalue weighted by Crippen LogP contribution is 2.16. The highest BCUT2D eigenvalue weighted by atomic mass is 16.5. The number of rotatable bonds is 8. The molecule has 2 atom stereocenters. The van der Waals surface area contributed by atoms with Gasteiger partial charge in [-0.1, -0.05) is 0 Å². The van der Waals surface area contributed by atoms with Gasteiger partial charge in [0.1, 0.15) is 0 Å². The number of hydrogen-bond donors (Lipinski definition) is 2. The summed E-state index contributed by atoms with van der Waals surface area (Å²) in [5.74, 6) is 0. The van der Waals surface area contributed by atoms with Gasteiger partial charge in [0, 0.05) is 19.3 Å². The lowest BCUT2D eigenvalue weighted by molar-refractivity contribution is 0.102. The van der Waals surface area contributed by atoms with Gasteiger partial charge in [0.05, 0.1) is 6.10 Å². The van der Waals surface area contributed by atoms with Gasteiger partial charge in [-0.05, 0) is 52.0 Å². The molecule has 1 heterocycles. The number of nitrogens with one attached hydrogen (secondary N) is 1. The van der Waals surface area contributed by atoms with Gasteiger partial charge >= 0.3 is 0 Å². The van der Waals surface area contributed by atoms with Gasteiger partial charge in [-0.2, -0.15) is 0 Å². The smallest absolute Gasteiger partial charge is 0.0576 e. The normalized spacial score (nSPS) is 23.2. The van der Waals surface area contributed by atoms with Crippen molar-refractivity contribution < 1.29 is 9.84 Å². The quantitative estimate of drug-likeness (QED) is 0.606. The van der Waals surface area contributed by atoms with E-state index in [1.165, 1.54) is 25.7 Å². The largest absolute Gasteiger partial charge is 0.396 e. The Bertz CT molecular complexity index is 147. The minimum absolute atomic E-state index is 0.307. The number of aliphatic hydroxyl groups excluding tert-OH is 1. The molecule has 1 aliphatic rings. The fraction of sp³-hybridized carbons (Fsp3) is 1.00. The van der Waals surface area contributed by atoms with Crippen molar-refractivity contribution >= 4 is 0 Å². The second-order valence-corrected chi connectivity index (χ2v) is 4.50. The lowest BCUT2D eigenvalue weighted by atomic mass is 10.1. The van der Waals surface area contributed by atoms with Crippen LogP contribution in [0.4, 0.5) is 0 Å². The molecule has 0 aromatic carbocycles. The van der Waals surface area contributed by atoms with Crippen LogP contribution >= 0.6 is 0 Å². The Kier molecular flexibility index (Phi) is 6.98. The van der Waals surface area contributed by atoms with Crippen molar-refractivity contribution in [3.8, 4) is 0 Å². The molecule has 0 amide bonds. The fourth-order valence-corrected chi connectivity index (χ4v) is 2.05. The van der Waals surface area contributed by atoms with Gasteiger partial charge in [0.25, 0.3) is 0 Å². The zero-order valence-corrected chi connectivity index (χ0v) is 9.87. The summed E-state index contributed by atoms with van der Waals surface area (Å²) in [5, 5.41) is 12.2. The maximum atomic E-state index is 8.69. The molecule has 90 valence electrons. The SMILES string of the molecule is CC(CCCO)NCCCC1CCCO1. The zero-order valence-electron chi connectivity index (χ0n) is 9.87. The lowest BCUT2D eigenvalue weighted by Gasteiger charge is -2.14. The maximum absolute atomic E-state index is 8.69. The third-order valence-corrected chi connectivity index (χ3v) is 3.01. The molecule has 1 rings (SSSR count). The molecule has 2 N–H and O–H groups in total. The topological polar surface area (TPSA) is 41.5 Å². The summed E-state index contributed by atoms with van der Waals surface area (Å²) in [4.78, 5) is 0. The van der Waals surface area contributed by atoms with Crippen molar-refractivity contribution in [3.05, 3.63) is 0 Å². The van der Waals surface area contributed by atoms with Gasteiger partial charge < -0.3 is 15.2 Å². The van der Waals surface area contributed by atoms with Crippen LogP contribution in [-0.4, -0.2) is 37.0 Å². The van der Waals surface area contributed by atoms with Crippen molar-refractivity contribution in [1.29, 1.82) is 0 Å². The van der Waals surface area contributed by atoms with Crippen molar-refractivity contribution in [1.82, 2.24) is 5.32 Å². The highest BCUT2D eigenvalue weighted by Gasteiger charge is 2.14. The summed E-state index contributed by atoms with van der Waals surface area (Å²) in [5.41, 5.74) is 0. The first-order valence-corrected chi connectivity index (χ1v) is 6.28. The molecule has 15 heavy (non-hydrogen) atoms. The van der Waals surface area contributed by atoms with E-state index in [-0.39, 0.29) is 0 Å². The Balaban J connectivity index is 1.87. The Morgan fingerprint density at radius 1 is 1.47 bits per heavy atom. The van der Waals surface area contributed by atoms with E-state index in [0.29, 0.717) is 18.8 Å². The molecule has 0 saturated carbocycles. The average molecular weight is 215 g/mol. The van der Waals surface area contributed by atoms with Gasteiger partial charge in [-0.15, -0.1) is 0 Å². The number of aliphatic hydroxyl groups is 1. The second kappa shape index (κ2) is 8.08. The van der Waals surface area contributed by atoms with Crippen molar-refractivity contribution in [2.24, 2.45) is 0 Å². The van der Waals surface area contributed by atoms with Crippen LogP contribution in [0.2, 0.25) is 0 Å². The van der Waals surface area contributed by atoms with E-state index in [0.717, 1.165) is 26.0 Å². The molecular formula is C12H25NO2. The van der Waals surface area contributed by atoms with E-state index in [2.05, 4.69) is 12.2 Å². The van der Waals surface area contributed by atoms with E-state index in [1.807, 2.05) is 0 Å². The lowest BCUT2D eigenvalue weighted by Crippen LogP contribution is -2.27. The maximum Gasteiger partial charge on any atom is 0.0576 e. The summed E-state index contributed by atoms with van der Waals surface area (Å²) in [6.07, 6.45) is 7.38. The third-order valence-electron chi connectivity index (χ3n) is 3.01. The predicted octanol–water partition coefficient (Wildman–Crippen LogP) is 1.70. The van der Waals surface area contributed by atoms with Crippen LogP contribution in [0.15, 0.2) is 0 Å².